The van der Waals surface area contributed by atoms with Crippen molar-refractivity contribution >= 4 is 23.4 Å². The van der Waals surface area contributed by atoms with Gasteiger partial charge in [-0.05, 0) is 30.9 Å². The van der Waals surface area contributed by atoms with Gasteiger partial charge in [0.2, 0.25) is 0 Å². The van der Waals surface area contributed by atoms with Crippen molar-refractivity contribution in [3.63, 3.8) is 0 Å². The van der Waals surface area contributed by atoms with Gasteiger partial charge in [-0.2, -0.15) is 0 Å². The summed E-state index contributed by atoms with van der Waals surface area (Å²) in [6, 6.07) is 13.8. The van der Waals surface area contributed by atoms with E-state index in [4.69, 9.17) is 0 Å². The average molecular weight is 316 g/mol. The Bertz CT molecular complexity index is 689. The number of amides is 1. The highest BCUT2D eigenvalue weighted by atomic mass is 32.2. The molecule has 0 aliphatic heterocycles. The number of carbonyl (C=O) groups excluding carboxylic acids is 1. The minimum absolute atomic E-state index is 0.0830. The lowest BCUT2D eigenvalue weighted by Gasteiger charge is -2.14. The summed E-state index contributed by atoms with van der Waals surface area (Å²) in [5, 5.41) is 13.9. The fourth-order valence-corrected chi connectivity index (χ4v) is 2.52. The number of nitrogens with zero attached hydrogens (tertiary/aromatic N) is 1. The molecule has 6 heteroatoms. The van der Waals surface area contributed by atoms with Crippen LogP contribution in [-0.4, -0.2) is 17.1 Å². The van der Waals surface area contributed by atoms with Gasteiger partial charge in [-0.3, -0.25) is 14.9 Å². The van der Waals surface area contributed by atoms with Gasteiger partial charge in [0, 0.05) is 11.0 Å². The Labute approximate surface area is 132 Å². The first kappa shape index (κ1) is 16.0. The molecule has 0 saturated carbocycles. The quantitative estimate of drug-likeness (QED) is 0.517. The van der Waals surface area contributed by atoms with Gasteiger partial charge in [0.25, 0.3) is 11.6 Å². The van der Waals surface area contributed by atoms with Gasteiger partial charge >= 0.3 is 0 Å². The summed E-state index contributed by atoms with van der Waals surface area (Å²) < 4.78 is 0. The van der Waals surface area contributed by atoms with Crippen LogP contribution < -0.4 is 5.32 Å². The maximum absolute atomic E-state index is 12.4. The molecule has 1 unspecified atom stereocenters. The predicted molar refractivity (Wildman–Crippen MR) is 87.2 cm³/mol. The van der Waals surface area contributed by atoms with Gasteiger partial charge in [-0.1, -0.05) is 30.3 Å². The highest BCUT2D eigenvalue weighted by molar-refractivity contribution is 7.98. The van der Waals surface area contributed by atoms with Crippen molar-refractivity contribution in [2.45, 2.75) is 17.9 Å². The van der Waals surface area contributed by atoms with Crippen LogP contribution in [0.25, 0.3) is 0 Å². The number of carbonyl (C=O) groups is 1. The molecule has 0 aliphatic carbocycles. The molecule has 1 amide bonds. The molecular formula is C16H16N2O3S. The van der Waals surface area contributed by atoms with E-state index >= 15 is 0 Å². The molecule has 22 heavy (non-hydrogen) atoms. The summed E-state index contributed by atoms with van der Waals surface area (Å²) in [6.07, 6.45) is 1.86. The van der Waals surface area contributed by atoms with Crippen LogP contribution in [0.1, 0.15) is 28.9 Å². The minimum atomic E-state index is -0.536. The summed E-state index contributed by atoms with van der Waals surface area (Å²) in [6.45, 7) is 1.84. The molecule has 2 aromatic carbocycles. The highest BCUT2D eigenvalue weighted by Crippen LogP contribution is 2.25. The molecule has 0 aromatic heterocycles. The Balaban J connectivity index is 2.27. The van der Waals surface area contributed by atoms with Crippen LogP contribution in [0.3, 0.4) is 0 Å². The van der Waals surface area contributed by atoms with E-state index in [1.54, 1.807) is 12.1 Å². The summed E-state index contributed by atoms with van der Waals surface area (Å²) in [4.78, 5) is 23.8. The van der Waals surface area contributed by atoms with E-state index in [1.807, 2.05) is 43.5 Å². The van der Waals surface area contributed by atoms with Crippen LogP contribution >= 0.6 is 11.8 Å². The maximum Gasteiger partial charge on any atom is 0.282 e. The number of hydrogen-bond donors (Lipinski definition) is 1. The molecule has 0 aliphatic rings. The topological polar surface area (TPSA) is 72.2 Å². The van der Waals surface area contributed by atoms with Crippen LogP contribution in [0.15, 0.2) is 53.4 Å². The van der Waals surface area contributed by atoms with E-state index < -0.39 is 10.8 Å². The second-order valence-corrected chi connectivity index (χ2v) is 5.63. The molecule has 114 valence electrons. The van der Waals surface area contributed by atoms with E-state index in [0.717, 1.165) is 10.5 Å². The molecule has 0 saturated heterocycles. The zero-order valence-corrected chi connectivity index (χ0v) is 13.1. The van der Waals surface area contributed by atoms with Crippen molar-refractivity contribution in [3.8, 4) is 0 Å². The summed E-state index contributed by atoms with van der Waals surface area (Å²) >= 11 is 1.43. The van der Waals surface area contributed by atoms with Crippen molar-refractivity contribution in [2.75, 3.05) is 6.26 Å². The fourth-order valence-electron chi connectivity index (χ4n) is 2.08. The van der Waals surface area contributed by atoms with E-state index in [2.05, 4.69) is 5.32 Å². The highest BCUT2D eigenvalue weighted by Gasteiger charge is 2.22. The van der Waals surface area contributed by atoms with Crippen LogP contribution in [0.4, 0.5) is 5.69 Å². The van der Waals surface area contributed by atoms with Gasteiger partial charge in [0.1, 0.15) is 5.56 Å². The molecule has 1 N–H and O–H groups in total. The van der Waals surface area contributed by atoms with Crippen molar-refractivity contribution in [2.24, 2.45) is 0 Å². The van der Waals surface area contributed by atoms with Gasteiger partial charge in [-0.15, -0.1) is 11.8 Å². The largest absolute Gasteiger partial charge is 0.345 e. The number of hydrogen-bond acceptors (Lipinski definition) is 4. The Hall–Kier alpha value is -2.34. The van der Waals surface area contributed by atoms with E-state index in [9.17, 15) is 14.9 Å². The molecule has 0 radical (unpaired) electrons. The summed E-state index contributed by atoms with van der Waals surface area (Å²) in [5.74, 6) is -0.445. The third-order valence-electron chi connectivity index (χ3n) is 3.29. The molecular weight excluding hydrogens is 300 g/mol. The zero-order chi connectivity index (χ0) is 16.1. The Morgan fingerprint density at radius 1 is 1.23 bits per heavy atom. The van der Waals surface area contributed by atoms with Crippen LogP contribution in [0.5, 0.6) is 0 Å². The Kier molecular flexibility index (Phi) is 5.16. The third kappa shape index (κ3) is 3.65. The average Bonchev–Trinajstić information content (AvgIpc) is 2.54. The molecule has 5 nitrogen and oxygen atoms in total. The normalized spacial score (nSPS) is 11.7. The number of nitrogens with one attached hydrogen (secondary N) is 1. The molecule has 0 fully saturated rings. The second kappa shape index (κ2) is 7.09. The SMILES string of the molecule is CSc1ccc([N+](=O)[O-])c(C(=O)NC(C)c2ccccc2)c1. The fraction of sp³-hybridized carbons (Fsp3) is 0.188. The number of nitro groups is 1. The van der Waals surface area contributed by atoms with E-state index in [-0.39, 0.29) is 17.3 Å². The first-order valence-corrected chi connectivity index (χ1v) is 7.93. The lowest BCUT2D eigenvalue weighted by atomic mass is 10.1. The number of benzene rings is 2. The molecule has 0 spiro atoms. The Morgan fingerprint density at radius 3 is 2.50 bits per heavy atom. The standard InChI is InChI=1S/C16H16N2O3S/c1-11(12-6-4-3-5-7-12)17-16(19)14-10-13(22-2)8-9-15(14)18(20)21/h3-11H,1-2H3,(H,17,19). The smallest absolute Gasteiger partial charge is 0.282 e. The van der Waals surface area contributed by atoms with Crippen molar-refractivity contribution in [1.29, 1.82) is 0 Å². The molecule has 0 bridgehead atoms. The molecule has 2 rings (SSSR count). The first-order chi connectivity index (χ1) is 10.5. The minimum Gasteiger partial charge on any atom is -0.345 e. The molecule has 1 atom stereocenters. The lowest BCUT2D eigenvalue weighted by Crippen LogP contribution is -2.27. The van der Waals surface area contributed by atoms with Crippen LogP contribution in [0.2, 0.25) is 0 Å². The second-order valence-electron chi connectivity index (χ2n) is 4.75. The molecule has 0 heterocycles. The number of rotatable bonds is 5. The van der Waals surface area contributed by atoms with Gasteiger partial charge in [0.15, 0.2) is 0 Å². The summed E-state index contributed by atoms with van der Waals surface area (Å²) in [5.41, 5.74) is 0.842. The predicted octanol–water partition coefficient (Wildman–Crippen LogP) is 3.81. The molecule has 2 aromatic rings. The van der Waals surface area contributed by atoms with Crippen LogP contribution in [-0.2, 0) is 0 Å². The third-order valence-corrected chi connectivity index (χ3v) is 4.02. The van der Waals surface area contributed by atoms with Crippen LogP contribution in [0, 0.1) is 10.1 Å². The van der Waals surface area contributed by atoms with Gasteiger partial charge in [0.05, 0.1) is 11.0 Å². The number of nitro benzene ring substituents is 1. The van der Waals surface area contributed by atoms with Crippen molar-refractivity contribution < 1.29 is 9.72 Å². The van der Waals surface area contributed by atoms with Gasteiger partial charge in [-0.25, -0.2) is 0 Å². The Morgan fingerprint density at radius 2 is 1.91 bits per heavy atom. The summed E-state index contributed by atoms with van der Waals surface area (Å²) in [7, 11) is 0. The van der Waals surface area contributed by atoms with Crippen molar-refractivity contribution in [3.05, 3.63) is 69.8 Å². The van der Waals surface area contributed by atoms with E-state index in [1.165, 1.54) is 17.8 Å². The monoisotopic (exact) mass is 316 g/mol. The zero-order valence-electron chi connectivity index (χ0n) is 12.3. The number of thioether (sulfide) groups is 1. The van der Waals surface area contributed by atoms with Crippen molar-refractivity contribution in [1.82, 2.24) is 5.32 Å². The first-order valence-electron chi connectivity index (χ1n) is 6.71. The maximum atomic E-state index is 12.4. The lowest BCUT2D eigenvalue weighted by molar-refractivity contribution is -0.385. The van der Waals surface area contributed by atoms with Gasteiger partial charge < -0.3 is 5.32 Å². The van der Waals surface area contributed by atoms with E-state index in [0.29, 0.717) is 0 Å².